The molecule has 1 saturated heterocycles. The summed E-state index contributed by atoms with van der Waals surface area (Å²) in [5, 5.41) is 6.35. The van der Waals surface area contributed by atoms with Crippen molar-refractivity contribution in [3.05, 3.63) is 10.8 Å². The number of ether oxygens (including phenoxy) is 1. The molecule has 0 spiro atoms. The van der Waals surface area contributed by atoms with Crippen LogP contribution < -0.4 is 10.6 Å². The van der Waals surface area contributed by atoms with Crippen LogP contribution in [0.2, 0.25) is 0 Å². The Morgan fingerprint density at radius 2 is 2.29 bits per heavy atom. The van der Waals surface area contributed by atoms with Gasteiger partial charge in [0.15, 0.2) is 0 Å². The third-order valence-corrected chi connectivity index (χ3v) is 3.59. The van der Waals surface area contributed by atoms with Crippen LogP contribution in [0.5, 0.6) is 0 Å². The number of aromatic nitrogens is 2. The Hall–Kier alpha value is -0.880. The highest BCUT2D eigenvalue weighted by atomic mass is 79.9. The molecule has 0 aromatic carbocycles. The zero-order chi connectivity index (χ0) is 12.1. The normalized spacial score (nSPS) is 20.0. The molecule has 1 aliphatic heterocycles. The first-order valence-corrected chi connectivity index (χ1v) is 6.60. The van der Waals surface area contributed by atoms with Gasteiger partial charge in [0, 0.05) is 20.2 Å². The number of nitrogens with zero attached hydrogens (tertiary/aromatic N) is 2. The predicted octanol–water partition coefficient (Wildman–Crippen LogP) is 2.12. The lowest BCUT2D eigenvalue weighted by atomic mass is 10.0. The predicted molar refractivity (Wildman–Crippen MR) is 71.3 cm³/mol. The van der Waals surface area contributed by atoms with E-state index >= 15 is 0 Å². The number of anilines is 2. The second kappa shape index (κ2) is 6.16. The second-order valence-electron chi connectivity index (χ2n) is 4.10. The molecule has 0 amide bonds. The van der Waals surface area contributed by atoms with E-state index in [9.17, 15) is 0 Å². The van der Waals surface area contributed by atoms with E-state index in [0.717, 1.165) is 42.3 Å². The fraction of sp³-hybridized carbons (Fsp3) is 0.636. The molecule has 17 heavy (non-hydrogen) atoms. The van der Waals surface area contributed by atoms with E-state index in [2.05, 4.69) is 36.5 Å². The van der Waals surface area contributed by atoms with Gasteiger partial charge in [-0.05, 0) is 34.7 Å². The molecule has 2 N–H and O–H groups in total. The van der Waals surface area contributed by atoms with Gasteiger partial charge in [-0.1, -0.05) is 0 Å². The highest BCUT2D eigenvalue weighted by Crippen LogP contribution is 2.26. The summed E-state index contributed by atoms with van der Waals surface area (Å²) in [5.41, 5.74) is 0. The van der Waals surface area contributed by atoms with Gasteiger partial charge in [0.25, 0.3) is 0 Å². The molecule has 5 nitrogen and oxygen atoms in total. The van der Waals surface area contributed by atoms with E-state index in [4.69, 9.17) is 4.74 Å². The summed E-state index contributed by atoms with van der Waals surface area (Å²) < 4.78 is 6.32. The summed E-state index contributed by atoms with van der Waals surface area (Å²) in [6.07, 6.45) is 3.92. The van der Waals surface area contributed by atoms with Crippen LogP contribution in [0, 0.1) is 5.92 Å². The minimum absolute atomic E-state index is 0.573. The van der Waals surface area contributed by atoms with E-state index < -0.39 is 0 Å². The molecule has 1 unspecified atom stereocenters. The van der Waals surface area contributed by atoms with Crippen molar-refractivity contribution in [3.8, 4) is 0 Å². The highest BCUT2D eigenvalue weighted by Gasteiger charge is 2.15. The first-order chi connectivity index (χ1) is 8.31. The molecule has 2 heterocycles. The van der Waals surface area contributed by atoms with Crippen LogP contribution in [0.1, 0.15) is 12.8 Å². The SMILES string of the molecule is CNc1ncnc(NCC2CCCOC2)c1Br. The highest BCUT2D eigenvalue weighted by molar-refractivity contribution is 9.10. The lowest BCUT2D eigenvalue weighted by Crippen LogP contribution is -2.24. The molecular weight excluding hydrogens is 284 g/mol. The number of nitrogens with one attached hydrogen (secondary N) is 2. The molecule has 6 heteroatoms. The maximum absolute atomic E-state index is 5.45. The molecule has 0 saturated carbocycles. The maximum atomic E-state index is 5.45. The van der Waals surface area contributed by atoms with Crippen molar-refractivity contribution in [2.24, 2.45) is 5.92 Å². The van der Waals surface area contributed by atoms with E-state index in [1.807, 2.05) is 7.05 Å². The molecule has 0 bridgehead atoms. The Morgan fingerprint density at radius 1 is 1.47 bits per heavy atom. The van der Waals surface area contributed by atoms with Crippen LogP contribution in [0.15, 0.2) is 10.8 Å². The third kappa shape index (κ3) is 3.29. The Kier molecular flexibility index (Phi) is 4.56. The number of hydrogen-bond donors (Lipinski definition) is 2. The van der Waals surface area contributed by atoms with Crippen LogP contribution in [0.3, 0.4) is 0 Å². The van der Waals surface area contributed by atoms with E-state index in [1.54, 1.807) is 6.33 Å². The molecule has 2 rings (SSSR count). The van der Waals surface area contributed by atoms with E-state index in [0.29, 0.717) is 5.92 Å². The van der Waals surface area contributed by atoms with Crippen LogP contribution >= 0.6 is 15.9 Å². The molecule has 0 radical (unpaired) electrons. The smallest absolute Gasteiger partial charge is 0.145 e. The summed E-state index contributed by atoms with van der Waals surface area (Å²) in [7, 11) is 1.84. The quantitative estimate of drug-likeness (QED) is 0.892. The summed E-state index contributed by atoms with van der Waals surface area (Å²) in [4.78, 5) is 8.34. The lowest BCUT2D eigenvalue weighted by Gasteiger charge is -2.22. The summed E-state index contributed by atoms with van der Waals surface area (Å²) >= 11 is 3.49. The van der Waals surface area contributed by atoms with Gasteiger partial charge in [0.2, 0.25) is 0 Å². The van der Waals surface area contributed by atoms with Gasteiger partial charge in [-0.15, -0.1) is 0 Å². The average Bonchev–Trinajstić information content (AvgIpc) is 2.39. The van der Waals surface area contributed by atoms with Crippen molar-refractivity contribution < 1.29 is 4.74 Å². The minimum Gasteiger partial charge on any atom is -0.381 e. The average molecular weight is 301 g/mol. The molecular formula is C11H17BrN4O. The first kappa shape index (κ1) is 12.6. The second-order valence-corrected chi connectivity index (χ2v) is 4.89. The summed E-state index contributed by atoms with van der Waals surface area (Å²) in [5.74, 6) is 2.20. The Labute approximate surface area is 110 Å². The molecule has 94 valence electrons. The maximum Gasteiger partial charge on any atom is 0.145 e. The van der Waals surface area contributed by atoms with Gasteiger partial charge in [-0.25, -0.2) is 9.97 Å². The zero-order valence-corrected chi connectivity index (χ0v) is 11.5. The van der Waals surface area contributed by atoms with Crippen molar-refractivity contribution in [2.75, 3.05) is 37.4 Å². The number of halogens is 1. The molecule has 1 aromatic heterocycles. The lowest BCUT2D eigenvalue weighted by molar-refractivity contribution is 0.0595. The van der Waals surface area contributed by atoms with Gasteiger partial charge in [0.1, 0.15) is 22.4 Å². The van der Waals surface area contributed by atoms with Gasteiger partial charge in [-0.3, -0.25) is 0 Å². The minimum atomic E-state index is 0.573. The third-order valence-electron chi connectivity index (χ3n) is 2.84. The standard InChI is InChI=1S/C11H17BrN4O/c1-13-10-9(12)11(16-7-15-10)14-5-8-3-2-4-17-6-8/h7-8H,2-6H2,1H3,(H2,13,14,15,16). The Balaban J connectivity index is 1.93. The fourth-order valence-electron chi connectivity index (χ4n) is 1.88. The van der Waals surface area contributed by atoms with E-state index in [1.165, 1.54) is 6.42 Å². The van der Waals surface area contributed by atoms with Crippen molar-refractivity contribution in [1.29, 1.82) is 0 Å². The topological polar surface area (TPSA) is 59.1 Å². The largest absolute Gasteiger partial charge is 0.381 e. The number of hydrogen-bond acceptors (Lipinski definition) is 5. The van der Waals surface area contributed by atoms with Crippen molar-refractivity contribution in [3.63, 3.8) is 0 Å². The zero-order valence-electron chi connectivity index (χ0n) is 9.87. The molecule has 1 aliphatic rings. The Morgan fingerprint density at radius 3 is 3.00 bits per heavy atom. The number of rotatable bonds is 4. The van der Waals surface area contributed by atoms with Gasteiger partial charge in [-0.2, -0.15) is 0 Å². The van der Waals surface area contributed by atoms with Crippen LogP contribution in [-0.4, -0.2) is 36.8 Å². The summed E-state index contributed by atoms with van der Waals surface area (Å²) in [6, 6.07) is 0. The first-order valence-electron chi connectivity index (χ1n) is 5.81. The molecule has 1 aromatic rings. The van der Waals surface area contributed by atoms with Crippen LogP contribution in [-0.2, 0) is 4.74 Å². The molecule has 1 atom stereocenters. The van der Waals surface area contributed by atoms with Gasteiger partial charge < -0.3 is 15.4 Å². The van der Waals surface area contributed by atoms with Crippen molar-refractivity contribution in [2.45, 2.75) is 12.8 Å². The monoisotopic (exact) mass is 300 g/mol. The van der Waals surface area contributed by atoms with Crippen LogP contribution in [0.25, 0.3) is 0 Å². The molecule has 1 fully saturated rings. The van der Waals surface area contributed by atoms with Gasteiger partial charge in [0.05, 0.1) is 6.61 Å². The van der Waals surface area contributed by atoms with E-state index in [-0.39, 0.29) is 0 Å². The van der Waals surface area contributed by atoms with Crippen molar-refractivity contribution >= 4 is 27.6 Å². The fourth-order valence-corrected chi connectivity index (χ4v) is 2.42. The van der Waals surface area contributed by atoms with Crippen LogP contribution in [0.4, 0.5) is 11.6 Å². The molecule has 0 aliphatic carbocycles. The van der Waals surface area contributed by atoms with Crippen molar-refractivity contribution in [1.82, 2.24) is 9.97 Å². The Bertz CT molecular complexity index is 368. The van der Waals surface area contributed by atoms with Gasteiger partial charge >= 0.3 is 0 Å². The summed E-state index contributed by atoms with van der Waals surface area (Å²) in [6.45, 7) is 2.63.